The van der Waals surface area contributed by atoms with Crippen molar-refractivity contribution in [1.29, 1.82) is 0 Å². The molecule has 18 heavy (non-hydrogen) atoms. The van der Waals surface area contributed by atoms with E-state index in [2.05, 4.69) is 40.7 Å². The number of aromatic nitrogens is 1. The summed E-state index contributed by atoms with van der Waals surface area (Å²) >= 11 is 1.66. The molecular formula is C13H15N3OS. The van der Waals surface area contributed by atoms with Gasteiger partial charge in [0.1, 0.15) is 0 Å². The molecule has 0 saturated carbocycles. The quantitative estimate of drug-likeness (QED) is 0.891. The normalized spacial score (nSPS) is 19.2. The highest BCUT2D eigenvalue weighted by atomic mass is 32.1. The van der Waals surface area contributed by atoms with E-state index in [0.717, 1.165) is 23.6 Å². The number of benzene rings is 1. The van der Waals surface area contributed by atoms with Gasteiger partial charge in [-0.05, 0) is 31.0 Å². The molecule has 4 nitrogen and oxygen atoms in total. The third-order valence-electron chi connectivity index (χ3n) is 3.13. The van der Waals surface area contributed by atoms with Crippen molar-refractivity contribution in [1.82, 2.24) is 10.3 Å². The maximum atomic E-state index is 11.1. The summed E-state index contributed by atoms with van der Waals surface area (Å²) in [5.41, 5.74) is 2.26. The summed E-state index contributed by atoms with van der Waals surface area (Å²) in [5, 5.41) is 7.18. The van der Waals surface area contributed by atoms with Crippen LogP contribution in [0, 0.1) is 6.92 Å². The first kappa shape index (κ1) is 11.5. The fourth-order valence-electron chi connectivity index (χ4n) is 2.15. The van der Waals surface area contributed by atoms with E-state index in [4.69, 9.17) is 0 Å². The zero-order chi connectivity index (χ0) is 12.5. The van der Waals surface area contributed by atoms with Gasteiger partial charge in [-0.2, -0.15) is 0 Å². The predicted octanol–water partition coefficient (Wildman–Crippen LogP) is 2.30. The number of carbonyl (C=O) groups excluding carboxylic acids is 1. The standard InChI is InChI=1S/C13H15N3OS/c1-8-2-4-11-10(6-8)16-13(18-11)14-7-9-3-5-12(17)15-9/h2,4,6,9H,3,5,7H2,1H3,(H,14,16)(H,15,17). The Morgan fingerprint density at radius 1 is 1.56 bits per heavy atom. The highest BCUT2D eigenvalue weighted by molar-refractivity contribution is 7.22. The van der Waals surface area contributed by atoms with Crippen molar-refractivity contribution < 1.29 is 4.79 Å². The summed E-state index contributed by atoms with van der Waals surface area (Å²) in [7, 11) is 0. The Labute approximate surface area is 109 Å². The van der Waals surface area contributed by atoms with Crippen molar-refractivity contribution >= 4 is 32.6 Å². The minimum absolute atomic E-state index is 0.154. The minimum Gasteiger partial charge on any atom is -0.359 e. The number of thiazole rings is 1. The molecule has 2 aromatic rings. The number of rotatable bonds is 3. The smallest absolute Gasteiger partial charge is 0.220 e. The fraction of sp³-hybridized carbons (Fsp3) is 0.385. The Bertz CT molecular complexity index is 593. The Morgan fingerprint density at radius 3 is 3.22 bits per heavy atom. The Balaban J connectivity index is 1.69. The van der Waals surface area contributed by atoms with E-state index in [-0.39, 0.29) is 11.9 Å². The monoisotopic (exact) mass is 261 g/mol. The van der Waals surface area contributed by atoms with Gasteiger partial charge >= 0.3 is 0 Å². The molecule has 1 aliphatic heterocycles. The average molecular weight is 261 g/mol. The van der Waals surface area contributed by atoms with Crippen LogP contribution in [0.5, 0.6) is 0 Å². The van der Waals surface area contributed by atoms with Gasteiger partial charge in [0.2, 0.25) is 5.91 Å². The lowest BCUT2D eigenvalue weighted by Gasteiger charge is -2.09. The molecule has 1 fully saturated rings. The fourth-order valence-corrected chi connectivity index (χ4v) is 3.01. The molecule has 2 heterocycles. The zero-order valence-corrected chi connectivity index (χ0v) is 11.0. The van der Waals surface area contributed by atoms with Gasteiger partial charge in [0.25, 0.3) is 0 Å². The molecule has 3 rings (SSSR count). The van der Waals surface area contributed by atoms with E-state index in [0.29, 0.717) is 6.42 Å². The third kappa shape index (κ3) is 2.31. The van der Waals surface area contributed by atoms with Crippen molar-refractivity contribution in [2.45, 2.75) is 25.8 Å². The number of nitrogens with zero attached hydrogens (tertiary/aromatic N) is 1. The lowest BCUT2D eigenvalue weighted by molar-refractivity contribution is -0.119. The van der Waals surface area contributed by atoms with Crippen molar-refractivity contribution in [2.75, 3.05) is 11.9 Å². The van der Waals surface area contributed by atoms with Crippen molar-refractivity contribution in [2.24, 2.45) is 0 Å². The summed E-state index contributed by atoms with van der Waals surface area (Å²) in [5.74, 6) is 0.154. The van der Waals surface area contributed by atoms with Gasteiger partial charge in [-0.25, -0.2) is 4.98 Å². The highest BCUT2D eigenvalue weighted by Crippen LogP contribution is 2.26. The Kier molecular flexibility index (Phi) is 2.91. The summed E-state index contributed by atoms with van der Waals surface area (Å²) < 4.78 is 1.19. The number of amides is 1. The van der Waals surface area contributed by atoms with Crippen LogP contribution in [0.25, 0.3) is 10.2 Å². The largest absolute Gasteiger partial charge is 0.359 e. The lowest BCUT2D eigenvalue weighted by Crippen LogP contribution is -2.31. The van der Waals surface area contributed by atoms with Gasteiger partial charge in [-0.15, -0.1) is 0 Å². The first-order chi connectivity index (χ1) is 8.70. The van der Waals surface area contributed by atoms with Gasteiger partial charge in [0.15, 0.2) is 5.13 Å². The SMILES string of the molecule is Cc1ccc2sc(NCC3CCC(=O)N3)nc2c1. The molecule has 0 bridgehead atoms. The van der Waals surface area contributed by atoms with E-state index in [1.807, 2.05) is 0 Å². The molecule has 1 unspecified atom stereocenters. The maximum Gasteiger partial charge on any atom is 0.220 e. The van der Waals surface area contributed by atoms with Crippen LogP contribution in [-0.4, -0.2) is 23.5 Å². The summed E-state index contributed by atoms with van der Waals surface area (Å²) in [6, 6.07) is 6.53. The summed E-state index contributed by atoms with van der Waals surface area (Å²) in [6.07, 6.45) is 1.56. The van der Waals surface area contributed by atoms with Gasteiger partial charge in [0.05, 0.1) is 10.2 Å². The van der Waals surface area contributed by atoms with E-state index in [9.17, 15) is 4.79 Å². The first-order valence-corrected chi connectivity index (χ1v) is 6.93. The molecule has 1 aromatic heterocycles. The second-order valence-electron chi connectivity index (χ2n) is 4.67. The second-order valence-corrected chi connectivity index (χ2v) is 5.70. The van der Waals surface area contributed by atoms with Crippen LogP contribution in [-0.2, 0) is 4.79 Å². The van der Waals surface area contributed by atoms with Crippen molar-refractivity contribution in [3.8, 4) is 0 Å². The van der Waals surface area contributed by atoms with Crippen LogP contribution in [0.1, 0.15) is 18.4 Å². The zero-order valence-electron chi connectivity index (χ0n) is 10.2. The lowest BCUT2D eigenvalue weighted by atomic mass is 10.2. The van der Waals surface area contributed by atoms with Gasteiger partial charge in [0, 0.05) is 19.0 Å². The average Bonchev–Trinajstić information content (AvgIpc) is 2.92. The number of carbonyl (C=O) groups is 1. The number of aryl methyl sites for hydroxylation is 1. The van der Waals surface area contributed by atoms with Crippen molar-refractivity contribution in [3.05, 3.63) is 23.8 Å². The molecule has 1 aliphatic rings. The molecule has 94 valence electrons. The number of anilines is 1. The van der Waals surface area contributed by atoms with Crippen LogP contribution in [0.15, 0.2) is 18.2 Å². The van der Waals surface area contributed by atoms with E-state index < -0.39 is 0 Å². The van der Waals surface area contributed by atoms with E-state index >= 15 is 0 Å². The molecule has 1 atom stereocenters. The molecule has 1 aromatic carbocycles. The summed E-state index contributed by atoms with van der Waals surface area (Å²) in [6.45, 7) is 2.82. The minimum atomic E-state index is 0.154. The maximum absolute atomic E-state index is 11.1. The highest BCUT2D eigenvalue weighted by Gasteiger charge is 2.20. The number of hydrogen-bond acceptors (Lipinski definition) is 4. The molecule has 1 saturated heterocycles. The number of fused-ring (bicyclic) bond motifs is 1. The van der Waals surface area contributed by atoms with Crippen LogP contribution < -0.4 is 10.6 Å². The third-order valence-corrected chi connectivity index (χ3v) is 4.12. The number of nitrogens with one attached hydrogen (secondary N) is 2. The first-order valence-electron chi connectivity index (χ1n) is 6.11. The molecule has 1 amide bonds. The van der Waals surface area contributed by atoms with Gasteiger partial charge in [-0.1, -0.05) is 17.4 Å². The van der Waals surface area contributed by atoms with E-state index in [1.165, 1.54) is 10.3 Å². The van der Waals surface area contributed by atoms with Crippen molar-refractivity contribution in [3.63, 3.8) is 0 Å². The topological polar surface area (TPSA) is 54.0 Å². The Morgan fingerprint density at radius 2 is 2.44 bits per heavy atom. The number of hydrogen-bond donors (Lipinski definition) is 2. The van der Waals surface area contributed by atoms with Gasteiger partial charge in [-0.3, -0.25) is 4.79 Å². The van der Waals surface area contributed by atoms with Crippen LogP contribution in [0.4, 0.5) is 5.13 Å². The van der Waals surface area contributed by atoms with Crippen LogP contribution >= 0.6 is 11.3 Å². The van der Waals surface area contributed by atoms with Gasteiger partial charge < -0.3 is 10.6 Å². The van der Waals surface area contributed by atoms with Crippen LogP contribution in [0.3, 0.4) is 0 Å². The molecule has 2 N–H and O–H groups in total. The molecule has 0 radical (unpaired) electrons. The van der Waals surface area contributed by atoms with E-state index in [1.54, 1.807) is 11.3 Å². The molecular weight excluding hydrogens is 246 g/mol. The summed E-state index contributed by atoms with van der Waals surface area (Å²) in [4.78, 5) is 15.6. The Hall–Kier alpha value is -1.62. The molecule has 5 heteroatoms. The molecule has 0 aliphatic carbocycles. The predicted molar refractivity (Wildman–Crippen MR) is 74.0 cm³/mol. The second kappa shape index (κ2) is 4.57. The molecule has 0 spiro atoms. The van der Waals surface area contributed by atoms with Crippen LogP contribution in [0.2, 0.25) is 0 Å².